The molecule has 0 spiro atoms. The fraction of sp³-hybridized carbons (Fsp3) is 0.900. The highest BCUT2D eigenvalue weighted by Crippen LogP contribution is 2.48. The van der Waals surface area contributed by atoms with Crippen LogP contribution in [0.2, 0.25) is 0 Å². The van der Waals surface area contributed by atoms with Crippen molar-refractivity contribution in [2.75, 3.05) is 32.7 Å². The molecule has 2 saturated heterocycles. The van der Waals surface area contributed by atoms with Gasteiger partial charge in [-0.25, -0.2) is 4.79 Å². The molecular formula is C20H35N3O3. The molecule has 2 N–H and O–H groups in total. The molecule has 0 aromatic carbocycles. The SMILES string of the molecule is CCC(CC)C(CNC(=O)N1C[C@@H]2CCC[C@@]2(C(=O)O)C1)N1CCCC1. The number of nitrogens with zero attached hydrogens (tertiary/aromatic N) is 2. The third kappa shape index (κ3) is 3.57. The number of carboxylic acid groups (broad SMARTS) is 1. The third-order valence-corrected chi connectivity index (χ3v) is 7.25. The van der Waals surface area contributed by atoms with Crippen LogP contribution in [0.1, 0.15) is 58.8 Å². The predicted octanol–water partition coefficient (Wildman–Crippen LogP) is 2.78. The van der Waals surface area contributed by atoms with Crippen LogP contribution in [-0.4, -0.2) is 65.7 Å². The highest BCUT2D eigenvalue weighted by Gasteiger charge is 2.55. The van der Waals surface area contributed by atoms with E-state index in [-0.39, 0.29) is 11.9 Å². The lowest BCUT2D eigenvalue weighted by Crippen LogP contribution is -2.50. The number of hydrogen-bond donors (Lipinski definition) is 2. The summed E-state index contributed by atoms with van der Waals surface area (Å²) in [6.45, 7) is 8.37. The highest BCUT2D eigenvalue weighted by atomic mass is 16.4. The Bertz CT molecular complexity index is 514. The molecule has 2 heterocycles. The van der Waals surface area contributed by atoms with Gasteiger partial charge in [-0.05, 0) is 50.6 Å². The van der Waals surface area contributed by atoms with Crippen molar-refractivity contribution in [2.24, 2.45) is 17.3 Å². The molecule has 0 radical (unpaired) electrons. The van der Waals surface area contributed by atoms with Gasteiger partial charge in [0, 0.05) is 25.7 Å². The van der Waals surface area contributed by atoms with E-state index in [0.717, 1.165) is 38.8 Å². The van der Waals surface area contributed by atoms with Crippen molar-refractivity contribution in [1.29, 1.82) is 0 Å². The number of carboxylic acids is 1. The molecule has 1 aliphatic carbocycles. The molecule has 3 atom stereocenters. The van der Waals surface area contributed by atoms with Crippen LogP contribution in [0.5, 0.6) is 0 Å². The van der Waals surface area contributed by atoms with E-state index >= 15 is 0 Å². The fourth-order valence-corrected chi connectivity index (χ4v) is 5.60. The molecule has 6 heteroatoms. The van der Waals surface area contributed by atoms with Crippen LogP contribution in [0.3, 0.4) is 0 Å². The largest absolute Gasteiger partial charge is 0.481 e. The van der Waals surface area contributed by atoms with Gasteiger partial charge in [-0.3, -0.25) is 9.69 Å². The quantitative estimate of drug-likeness (QED) is 0.728. The average molecular weight is 366 g/mol. The lowest BCUT2D eigenvalue weighted by atomic mass is 9.81. The molecule has 148 valence electrons. The molecule has 1 unspecified atom stereocenters. The number of carbonyl (C=O) groups is 2. The van der Waals surface area contributed by atoms with Crippen molar-refractivity contribution in [1.82, 2.24) is 15.1 Å². The highest BCUT2D eigenvalue weighted by molar-refractivity contribution is 5.80. The lowest BCUT2D eigenvalue weighted by molar-refractivity contribution is -0.149. The van der Waals surface area contributed by atoms with E-state index in [1.807, 2.05) is 0 Å². The molecule has 3 rings (SSSR count). The first-order valence-corrected chi connectivity index (χ1v) is 10.5. The van der Waals surface area contributed by atoms with Gasteiger partial charge in [0.05, 0.1) is 5.41 Å². The minimum atomic E-state index is -0.720. The third-order valence-electron chi connectivity index (χ3n) is 7.25. The summed E-state index contributed by atoms with van der Waals surface area (Å²) in [5.74, 6) is -0.00171. The van der Waals surface area contributed by atoms with E-state index in [1.165, 1.54) is 12.8 Å². The van der Waals surface area contributed by atoms with Crippen molar-refractivity contribution in [3.8, 4) is 0 Å². The first-order chi connectivity index (χ1) is 12.5. The van der Waals surface area contributed by atoms with Crippen LogP contribution < -0.4 is 5.32 Å². The van der Waals surface area contributed by atoms with Crippen LogP contribution >= 0.6 is 0 Å². The van der Waals surface area contributed by atoms with Crippen molar-refractivity contribution in [3.05, 3.63) is 0 Å². The lowest BCUT2D eigenvalue weighted by Gasteiger charge is -2.34. The Kier molecular flexibility index (Phi) is 6.10. The molecule has 6 nitrogen and oxygen atoms in total. The van der Waals surface area contributed by atoms with Crippen LogP contribution in [0.15, 0.2) is 0 Å². The normalized spacial score (nSPS) is 30.0. The van der Waals surface area contributed by atoms with Gasteiger partial charge >= 0.3 is 12.0 Å². The molecule has 2 aliphatic heterocycles. The van der Waals surface area contributed by atoms with Crippen molar-refractivity contribution in [2.45, 2.75) is 64.8 Å². The van der Waals surface area contributed by atoms with Gasteiger partial charge in [0.1, 0.15) is 0 Å². The number of nitrogens with one attached hydrogen (secondary N) is 1. The Labute approximate surface area is 157 Å². The number of amides is 2. The Morgan fingerprint density at radius 2 is 1.88 bits per heavy atom. The molecule has 0 bridgehead atoms. The summed E-state index contributed by atoms with van der Waals surface area (Å²) >= 11 is 0. The summed E-state index contributed by atoms with van der Waals surface area (Å²) in [4.78, 5) is 28.9. The zero-order valence-electron chi connectivity index (χ0n) is 16.4. The van der Waals surface area contributed by atoms with Crippen LogP contribution in [0.25, 0.3) is 0 Å². The first-order valence-electron chi connectivity index (χ1n) is 10.5. The minimum Gasteiger partial charge on any atom is -0.481 e. The van der Waals surface area contributed by atoms with Gasteiger partial charge in [0.2, 0.25) is 0 Å². The summed E-state index contributed by atoms with van der Waals surface area (Å²) in [5.41, 5.74) is -0.693. The van der Waals surface area contributed by atoms with E-state index in [9.17, 15) is 14.7 Å². The average Bonchev–Trinajstić information content (AvgIpc) is 3.33. The van der Waals surface area contributed by atoms with E-state index in [2.05, 4.69) is 24.1 Å². The summed E-state index contributed by atoms with van der Waals surface area (Å²) < 4.78 is 0. The van der Waals surface area contributed by atoms with Crippen LogP contribution in [0.4, 0.5) is 4.79 Å². The first kappa shape index (κ1) is 19.5. The molecule has 0 aromatic heterocycles. The zero-order valence-corrected chi connectivity index (χ0v) is 16.4. The molecule has 26 heavy (non-hydrogen) atoms. The maximum absolute atomic E-state index is 12.8. The number of aliphatic carboxylic acids is 1. The molecule has 1 saturated carbocycles. The van der Waals surface area contributed by atoms with Gasteiger partial charge in [-0.1, -0.05) is 33.1 Å². The Balaban J connectivity index is 1.59. The van der Waals surface area contributed by atoms with E-state index in [0.29, 0.717) is 38.0 Å². The number of likely N-dealkylation sites (tertiary alicyclic amines) is 2. The smallest absolute Gasteiger partial charge is 0.317 e. The van der Waals surface area contributed by atoms with E-state index in [1.54, 1.807) is 4.90 Å². The fourth-order valence-electron chi connectivity index (χ4n) is 5.60. The van der Waals surface area contributed by atoms with Gasteiger partial charge in [-0.15, -0.1) is 0 Å². The predicted molar refractivity (Wildman–Crippen MR) is 101 cm³/mol. The van der Waals surface area contributed by atoms with Gasteiger partial charge in [0.25, 0.3) is 0 Å². The second-order valence-corrected chi connectivity index (χ2v) is 8.50. The molecule has 3 aliphatic rings. The summed E-state index contributed by atoms with van der Waals surface area (Å²) in [5, 5.41) is 12.9. The monoisotopic (exact) mass is 365 g/mol. The van der Waals surface area contributed by atoms with Gasteiger partial charge < -0.3 is 15.3 Å². The Hall–Kier alpha value is -1.30. The van der Waals surface area contributed by atoms with Gasteiger partial charge in [-0.2, -0.15) is 0 Å². The van der Waals surface area contributed by atoms with Crippen LogP contribution in [-0.2, 0) is 4.79 Å². The van der Waals surface area contributed by atoms with E-state index in [4.69, 9.17) is 0 Å². The van der Waals surface area contributed by atoms with Gasteiger partial charge in [0.15, 0.2) is 0 Å². The molecule has 2 amide bonds. The van der Waals surface area contributed by atoms with Crippen molar-refractivity contribution >= 4 is 12.0 Å². The standard InChI is InChI=1S/C20H35N3O3/c1-3-15(4-2)17(22-10-5-6-11-22)12-21-19(26)23-13-16-8-7-9-20(16,14-23)18(24)25/h15-17H,3-14H2,1-2H3,(H,21,26)(H,24,25)/t16-,17?,20+/m0/s1. The second kappa shape index (κ2) is 8.15. The molecular weight excluding hydrogens is 330 g/mol. The second-order valence-electron chi connectivity index (χ2n) is 8.50. The number of rotatable bonds is 7. The van der Waals surface area contributed by atoms with Crippen molar-refractivity contribution < 1.29 is 14.7 Å². The van der Waals surface area contributed by atoms with Crippen LogP contribution in [0, 0.1) is 17.3 Å². The topological polar surface area (TPSA) is 72.9 Å². The van der Waals surface area contributed by atoms with E-state index < -0.39 is 11.4 Å². The summed E-state index contributed by atoms with van der Waals surface area (Å²) in [6.07, 6.45) is 7.36. The number of hydrogen-bond acceptors (Lipinski definition) is 3. The number of carbonyl (C=O) groups excluding carboxylic acids is 1. The Morgan fingerprint density at radius 3 is 2.46 bits per heavy atom. The minimum absolute atomic E-state index is 0.0739. The molecule has 0 aromatic rings. The van der Waals surface area contributed by atoms with Crippen molar-refractivity contribution in [3.63, 3.8) is 0 Å². The maximum atomic E-state index is 12.8. The summed E-state index contributed by atoms with van der Waals surface area (Å²) in [6, 6.07) is 0.321. The maximum Gasteiger partial charge on any atom is 0.317 e. The number of urea groups is 1. The molecule has 3 fully saturated rings. The Morgan fingerprint density at radius 1 is 1.19 bits per heavy atom. The zero-order chi connectivity index (χ0) is 18.7. The number of fused-ring (bicyclic) bond motifs is 1. The summed E-state index contributed by atoms with van der Waals surface area (Å²) in [7, 11) is 0.